The van der Waals surface area contributed by atoms with Gasteiger partial charge in [0, 0.05) is 6.04 Å². The Morgan fingerprint density at radius 2 is 1.74 bits per heavy atom. The van der Waals surface area contributed by atoms with Crippen LogP contribution in [0.1, 0.15) is 48.6 Å². The topological polar surface area (TPSA) is 49.0 Å². The van der Waals surface area contributed by atoms with Crippen molar-refractivity contribution in [3.05, 3.63) is 59.0 Å². The van der Waals surface area contributed by atoms with Crippen LogP contribution < -0.4 is 5.32 Å². The highest BCUT2D eigenvalue weighted by Gasteiger charge is 2.13. The third kappa shape index (κ3) is 3.24. The van der Waals surface area contributed by atoms with Crippen LogP contribution in [0.4, 0.5) is 0 Å². The highest BCUT2D eigenvalue weighted by Crippen LogP contribution is 2.21. The van der Waals surface area contributed by atoms with Crippen molar-refractivity contribution in [2.75, 3.05) is 0 Å². The standard InChI is InChI=1S/C16H18N2O/c1-11-4-9-16(19-11)13(3)18-12(2)15-7-5-14(10-17)6-8-15/h4-9,12-13,18H,1-3H3. The highest BCUT2D eigenvalue weighted by atomic mass is 16.3. The molecule has 0 aliphatic heterocycles. The first-order chi connectivity index (χ1) is 9.10. The van der Waals surface area contributed by atoms with Gasteiger partial charge in [-0.15, -0.1) is 0 Å². The zero-order valence-electron chi connectivity index (χ0n) is 11.5. The van der Waals surface area contributed by atoms with Gasteiger partial charge in [-0.25, -0.2) is 0 Å². The zero-order valence-corrected chi connectivity index (χ0v) is 11.5. The minimum absolute atomic E-state index is 0.152. The molecule has 2 atom stereocenters. The molecule has 98 valence electrons. The number of aryl methyl sites for hydroxylation is 1. The van der Waals surface area contributed by atoms with Crippen molar-refractivity contribution in [3.63, 3.8) is 0 Å². The monoisotopic (exact) mass is 254 g/mol. The molecule has 19 heavy (non-hydrogen) atoms. The lowest BCUT2D eigenvalue weighted by Gasteiger charge is -2.19. The number of hydrogen-bond donors (Lipinski definition) is 1. The van der Waals surface area contributed by atoms with Crippen molar-refractivity contribution in [1.82, 2.24) is 5.32 Å². The molecule has 0 radical (unpaired) electrons. The van der Waals surface area contributed by atoms with Crippen molar-refractivity contribution < 1.29 is 4.42 Å². The molecule has 0 saturated carbocycles. The van der Waals surface area contributed by atoms with Crippen LogP contribution in [0.5, 0.6) is 0 Å². The Balaban J connectivity index is 2.04. The Hall–Kier alpha value is -2.05. The first kappa shape index (κ1) is 13.4. The normalized spacial score (nSPS) is 13.8. The van der Waals surface area contributed by atoms with Crippen LogP contribution in [-0.4, -0.2) is 0 Å². The van der Waals surface area contributed by atoms with E-state index in [-0.39, 0.29) is 12.1 Å². The van der Waals surface area contributed by atoms with Crippen molar-refractivity contribution in [2.45, 2.75) is 32.9 Å². The molecule has 0 fully saturated rings. The number of hydrogen-bond acceptors (Lipinski definition) is 3. The lowest BCUT2D eigenvalue weighted by molar-refractivity contribution is 0.392. The summed E-state index contributed by atoms with van der Waals surface area (Å²) in [4.78, 5) is 0. The van der Waals surface area contributed by atoms with E-state index in [1.807, 2.05) is 43.3 Å². The van der Waals surface area contributed by atoms with Crippen molar-refractivity contribution >= 4 is 0 Å². The van der Waals surface area contributed by atoms with Crippen LogP contribution in [0.15, 0.2) is 40.8 Å². The zero-order chi connectivity index (χ0) is 13.8. The van der Waals surface area contributed by atoms with Gasteiger partial charge in [-0.1, -0.05) is 12.1 Å². The Morgan fingerprint density at radius 3 is 2.26 bits per heavy atom. The molecule has 2 unspecified atom stereocenters. The van der Waals surface area contributed by atoms with Crippen LogP contribution in [0.2, 0.25) is 0 Å². The summed E-state index contributed by atoms with van der Waals surface area (Å²) in [6.45, 7) is 6.13. The summed E-state index contributed by atoms with van der Waals surface area (Å²) in [7, 11) is 0. The minimum atomic E-state index is 0.152. The van der Waals surface area contributed by atoms with Crippen LogP contribution >= 0.6 is 0 Å². The second-order valence-corrected chi connectivity index (χ2v) is 4.79. The molecule has 1 aromatic heterocycles. The van der Waals surface area contributed by atoms with E-state index in [2.05, 4.69) is 25.2 Å². The summed E-state index contributed by atoms with van der Waals surface area (Å²) >= 11 is 0. The predicted octanol–water partition coefficient (Wildman–Crippen LogP) is 3.87. The molecule has 0 aliphatic carbocycles. The first-order valence-corrected chi connectivity index (χ1v) is 6.42. The van der Waals surface area contributed by atoms with Gasteiger partial charge in [0.2, 0.25) is 0 Å². The molecular weight excluding hydrogens is 236 g/mol. The van der Waals surface area contributed by atoms with E-state index in [1.165, 1.54) is 0 Å². The number of benzene rings is 1. The maximum absolute atomic E-state index is 8.79. The van der Waals surface area contributed by atoms with Gasteiger partial charge in [0.25, 0.3) is 0 Å². The number of nitriles is 1. The molecule has 0 saturated heterocycles. The summed E-state index contributed by atoms with van der Waals surface area (Å²) in [5.41, 5.74) is 1.85. The second kappa shape index (κ2) is 5.73. The van der Waals surface area contributed by atoms with E-state index in [0.29, 0.717) is 5.56 Å². The lowest BCUT2D eigenvalue weighted by Crippen LogP contribution is -2.22. The summed E-state index contributed by atoms with van der Waals surface area (Å²) in [6.07, 6.45) is 0. The van der Waals surface area contributed by atoms with Crippen molar-refractivity contribution in [2.24, 2.45) is 0 Å². The average Bonchev–Trinajstić information content (AvgIpc) is 2.85. The molecule has 2 aromatic rings. The third-order valence-electron chi connectivity index (χ3n) is 3.23. The SMILES string of the molecule is Cc1ccc(C(C)NC(C)c2ccc(C#N)cc2)o1. The van der Waals surface area contributed by atoms with Gasteiger partial charge in [-0.2, -0.15) is 5.26 Å². The summed E-state index contributed by atoms with van der Waals surface area (Å²) in [5, 5.41) is 12.3. The van der Waals surface area contributed by atoms with E-state index in [4.69, 9.17) is 9.68 Å². The minimum Gasteiger partial charge on any atom is -0.465 e. The summed E-state index contributed by atoms with van der Waals surface area (Å²) < 4.78 is 5.61. The first-order valence-electron chi connectivity index (χ1n) is 6.42. The summed E-state index contributed by atoms with van der Waals surface area (Å²) in [5.74, 6) is 1.87. The molecule has 1 aromatic carbocycles. The number of rotatable bonds is 4. The van der Waals surface area contributed by atoms with Gasteiger partial charge >= 0.3 is 0 Å². The van der Waals surface area contributed by atoms with Gasteiger partial charge in [0.05, 0.1) is 17.7 Å². The predicted molar refractivity (Wildman–Crippen MR) is 74.6 cm³/mol. The molecule has 2 rings (SSSR count). The summed E-state index contributed by atoms with van der Waals surface area (Å²) in [6, 6.07) is 14.1. The number of furan rings is 1. The molecule has 1 N–H and O–H groups in total. The molecule has 0 aliphatic rings. The lowest BCUT2D eigenvalue weighted by atomic mass is 10.1. The molecular formula is C16H18N2O. The maximum Gasteiger partial charge on any atom is 0.120 e. The Kier molecular flexibility index (Phi) is 4.03. The molecule has 1 heterocycles. The number of nitrogens with one attached hydrogen (secondary N) is 1. The Labute approximate surface area is 113 Å². The van der Waals surface area contributed by atoms with Crippen molar-refractivity contribution in [3.8, 4) is 6.07 Å². The fourth-order valence-electron chi connectivity index (χ4n) is 2.09. The highest BCUT2D eigenvalue weighted by molar-refractivity contribution is 5.32. The third-order valence-corrected chi connectivity index (χ3v) is 3.23. The second-order valence-electron chi connectivity index (χ2n) is 4.79. The molecule has 0 bridgehead atoms. The van der Waals surface area contributed by atoms with Crippen LogP contribution in [-0.2, 0) is 0 Å². The van der Waals surface area contributed by atoms with E-state index in [1.54, 1.807) is 0 Å². The Morgan fingerprint density at radius 1 is 1.05 bits per heavy atom. The van der Waals surface area contributed by atoms with E-state index < -0.39 is 0 Å². The van der Waals surface area contributed by atoms with Gasteiger partial charge in [0.15, 0.2) is 0 Å². The fourth-order valence-corrected chi connectivity index (χ4v) is 2.09. The largest absolute Gasteiger partial charge is 0.465 e. The number of nitrogens with zero attached hydrogens (tertiary/aromatic N) is 1. The van der Waals surface area contributed by atoms with Crippen molar-refractivity contribution in [1.29, 1.82) is 5.26 Å². The van der Waals surface area contributed by atoms with Gasteiger partial charge < -0.3 is 9.73 Å². The maximum atomic E-state index is 8.79. The van der Waals surface area contributed by atoms with E-state index in [0.717, 1.165) is 17.1 Å². The van der Waals surface area contributed by atoms with Crippen LogP contribution in [0.3, 0.4) is 0 Å². The van der Waals surface area contributed by atoms with Gasteiger partial charge in [-0.3, -0.25) is 0 Å². The van der Waals surface area contributed by atoms with E-state index in [9.17, 15) is 0 Å². The quantitative estimate of drug-likeness (QED) is 0.901. The van der Waals surface area contributed by atoms with Gasteiger partial charge in [-0.05, 0) is 50.6 Å². The Bertz CT molecular complexity index is 578. The van der Waals surface area contributed by atoms with Crippen LogP contribution in [0, 0.1) is 18.3 Å². The van der Waals surface area contributed by atoms with E-state index >= 15 is 0 Å². The fraction of sp³-hybridized carbons (Fsp3) is 0.312. The molecule has 0 amide bonds. The average molecular weight is 254 g/mol. The van der Waals surface area contributed by atoms with Gasteiger partial charge in [0.1, 0.15) is 11.5 Å². The smallest absolute Gasteiger partial charge is 0.120 e. The molecule has 0 spiro atoms. The molecule has 3 heteroatoms. The van der Waals surface area contributed by atoms with Crippen LogP contribution in [0.25, 0.3) is 0 Å². The molecule has 3 nitrogen and oxygen atoms in total.